The van der Waals surface area contributed by atoms with Gasteiger partial charge in [0.25, 0.3) is 0 Å². The van der Waals surface area contributed by atoms with Gasteiger partial charge in [0.05, 0.1) is 22.6 Å². The number of hydrogen-bond donors (Lipinski definition) is 0. The van der Waals surface area contributed by atoms with Gasteiger partial charge in [-0.2, -0.15) is 13.5 Å². The summed E-state index contributed by atoms with van der Waals surface area (Å²) in [6.45, 7) is 12.4. The van der Waals surface area contributed by atoms with Crippen LogP contribution < -0.4 is 10.5 Å². The van der Waals surface area contributed by atoms with E-state index >= 15 is 0 Å². The van der Waals surface area contributed by atoms with Crippen LogP contribution in [0.1, 0.15) is 25.2 Å². The molecule has 1 aliphatic heterocycles. The molecule has 1 atom stereocenters. The number of nitrogens with zero attached hydrogens (tertiary/aromatic N) is 5. The molecular weight excluding hydrogens is 422 g/mol. The molecule has 8 heteroatoms. The van der Waals surface area contributed by atoms with Gasteiger partial charge >= 0.3 is 5.63 Å². The fraction of sp³-hybridized carbons (Fsp3) is 0.375. The molecule has 4 heterocycles. The molecule has 32 heavy (non-hydrogen) atoms. The molecule has 1 aromatic carbocycles. The summed E-state index contributed by atoms with van der Waals surface area (Å²) in [5.74, 6) is 0. The van der Waals surface area contributed by atoms with E-state index in [0.29, 0.717) is 22.9 Å². The quantitative estimate of drug-likeness (QED) is 0.442. The molecule has 3 aromatic heterocycles. The number of benzene rings is 1. The first-order valence-electron chi connectivity index (χ1n) is 10.8. The van der Waals surface area contributed by atoms with E-state index in [0.717, 1.165) is 54.3 Å². The van der Waals surface area contributed by atoms with Crippen molar-refractivity contribution in [3.63, 3.8) is 0 Å². The van der Waals surface area contributed by atoms with Gasteiger partial charge in [0.1, 0.15) is 5.58 Å². The lowest BCUT2D eigenvalue weighted by Crippen LogP contribution is -2.51. The number of aryl methyl sites for hydroxylation is 2. The Bertz CT molecular complexity index is 1350. The Balaban J connectivity index is 0.00000245. The van der Waals surface area contributed by atoms with Crippen molar-refractivity contribution in [3.05, 3.63) is 58.5 Å². The number of piperazine rings is 1. The zero-order valence-corrected chi connectivity index (χ0v) is 19.9. The zero-order chi connectivity index (χ0) is 21.7. The highest BCUT2D eigenvalue weighted by molar-refractivity contribution is 7.59. The van der Waals surface area contributed by atoms with E-state index in [4.69, 9.17) is 4.42 Å². The molecule has 0 unspecified atom stereocenters. The Morgan fingerprint density at radius 3 is 2.69 bits per heavy atom. The number of hydrogen-bond acceptors (Lipinski definition) is 6. The topological polar surface area (TPSA) is 66.9 Å². The fourth-order valence-electron chi connectivity index (χ4n) is 4.61. The number of likely N-dealkylation sites (N-methyl/N-ethyl adjacent to an activating group) is 1. The van der Waals surface area contributed by atoms with Gasteiger partial charge in [0.15, 0.2) is 5.65 Å². The minimum absolute atomic E-state index is 0. The normalized spacial score (nSPS) is 17.1. The lowest BCUT2D eigenvalue weighted by atomic mass is 10.1. The molecule has 0 N–H and O–H groups in total. The van der Waals surface area contributed by atoms with Gasteiger partial charge in [0, 0.05) is 55.2 Å². The van der Waals surface area contributed by atoms with Crippen molar-refractivity contribution >= 4 is 35.8 Å². The molecule has 1 saturated heterocycles. The van der Waals surface area contributed by atoms with Crippen LogP contribution in [0.25, 0.3) is 27.9 Å². The van der Waals surface area contributed by atoms with Crippen molar-refractivity contribution in [1.29, 1.82) is 0 Å². The van der Waals surface area contributed by atoms with E-state index in [9.17, 15) is 4.79 Å². The summed E-state index contributed by atoms with van der Waals surface area (Å²) < 4.78 is 7.65. The Kier molecular flexibility index (Phi) is 6.01. The summed E-state index contributed by atoms with van der Waals surface area (Å²) >= 11 is 0. The highest BCUT2D eigenvalue weighted by Crippen LogP contribution is 2.27. The smallest absolute Gasteiger partial charge is 0.345 e. The molecule has 1 fully saturated rings. The summed E-state index contributed by atoms with van der Waals surface area (Å²) in [5.41, 5.74) is 4.87. The van der Waals surface area contributed by atoms with Crippen LogP contribution in [0.3, 0.4) is 0 Å². The van der Waals surface area contributed by atoms with Gasteiger partial charge in [-0.3, -0.25) is 9.88 Å². The fourth-order valence-corrected chi connectivity index (χ4v) is 4.61. The Morgan fingerprint density at radius 1 is 1.12 bits per heavy atom. The number of rotatable bonds is 3. The summed E-state index contributed by atoms with van der Waals surface area (Å²) in [6.07, 6.45) is 3.77. The molecule has 4 aromatic rings. The molecule has 168 valence electrons. The third-order valence-corrected chi connectivity index (χ3v) is 6.26. The van der Waals surface area contributed by atoms with E-state index in [1.165, 1.54) is 0 Å². The van der Waals surface area contributed by atoms with Gasteiger partial charge in [-0.1, -0.05) is 6.92 Å². The Labute approximate surface area is 194 Å². The van der Waals surface area contributed by atoms with Crippen molar-refractivity contribution in [3.8, 4) is 11.3 Å². The van der Waals surface area contributed by atoms with Crippen molar-refractivity contribution < 1.29 is 4.42 Å². The van der Waals surface area contributed by atoms with E-state index in [2.05, 4.69) is 39.7 Å². The average molecular weight is 452 g/mol. The SMILES string of the molecule is CCN1CCN(c2ccc3cc(-c4cn5cc(C)nc(C)c5n4)c(=O)oc3c2)C[C@@H]1C.S. The van der Waals surface area contributed by atoms with E-state index < -0.39 is 0 Å². The summed E-state index contributed by atoms with van der Waals surface area (Å²) in [5, 5.41) is 0.890. The van der Waals surface area contributed by atoms with Crippen molar-refractivity contribution in [2.45, 2.75) is 33.7 Å². The predicted molar refractivity (Wildman–Crippen MR) is 133 cm³/mol. The molecule has 5 rings (SSSR count). The highest BCUT2D eigenvalue weighted by Gasteiger charge is 2.23. The van der Waals surface area contributed by atoms with E-state index in [-0.39, 0.29) is 19.1 Å². The maximum atomic E-state index is 12.8. The average Bonchev–Trinajstić information content (AvgIpc) is 3.17. The second kappa shape index (κ2) is 8.60. The summed E-state index contributed by atoms with van der Waals surface area (Å²) in [6, 6.07) is 8.50. The summed E-state index contributed by atoms with van der Waals surface area (Å²) in [7, 11) is 0. The molecular formula is C24H29N5O2S. The van der Waals surface area contributed by atoms with Crippen LogP contribution in [-0.2, 0) is 0 Å². The monoisotopic (exact) mass is 451 g/mol. The third-order valence-electron chi connectivity index (χ3n) is 6.26. The molecule has 0 spiro atoms. The standard InChI is InChI=1S/C24H27N5O2.H2S/c1-5-27-8-9-28(13-16(27)3)19-7-6-18-10-20(24(30)31-22(18)11-19)21-14-29-12-15(2)25-17(4)23(29)26-21;/h6-7,10-12,14,16H,5,8-9,13H2,1-4H3;1H2/t16-;/m0./s1. The van der Waals surface area contributed by atoms with Crippen molar-refractivity contribution in [2.24, 2.45) is 0 Å². The van der Waals surface area contributed by atoms with Crippen molar-refractivity contribution in [2.75, 3.05) is 31.1 Å². The molecule has 1 aliphatic rings. The van der Waals surface area contributed by atoms with Gasteiger partial charge in [-0.25, -0.2) is 9.78 Å². The Hall–Kier alpha value is -2.84. The van der Waals surface area contributed by atoms with Gasteiger partial charge in [-0.15, -0.1) is 0 Å². The first-order chi connectivity index (χ1) is 14.9. The van der Waals surface area contributed by atoms with Crippen molar-refractivity contribution in [1.82, 2.24) is 19.3 Å². The molecule has 0 aliphatic carbocycles. The second-order valence-corrected chi connectivity index (χ2v) is 8.42. The van der Waals surface area contributed by atoms with Crippen LogP contribution in [0, 0.1) is 13.8 Å². The van der Waals surface area contributed by atoms with Gasteiger partial charge in [-0.05, 0) is 45.5 Å². The number of imidazole rings is 1. The van der Waals surface area contributed by atoms with Crippen LogP contribution in [0.2, 0.25) is 0 Å². The third kappa shape index (κ3) is 3.89. The van der Waals surface area contributed by atoms with Crippen LogP contribution in [0.15, 0.2) is 45.9 Å². The molecule has 0 saturated carbocycles. The first-order valence-corrected chi connectivity index (χ1v) is 10.8. The maximum Gasteiger partial charge on any atom is 0.345 e. The Morgan fingerprint density at radius 2 is 1.94 bits per heavy atom. The second-order valence-electron chi connectivity index (χ2n) is 8.42. The number of anilines is 1. The van der Waals surface area contributed by atoms with Gasteiger partial charge < -0.3 is 13.7 Å². The van der Waals surface area contributed by atoms with Crippen LogP contribution >= 0.6 is 13.5 Å². The lowest BCUT2D eigenvalue weighted by molar-refractivity contribution is 0.199. The molecule has 0 bridgehead atoms. The van der Waals surface area contributed by atoms with Crippen LogP contribution in [0.4, 0.5) is 5.69 Å². The first kappa shape index (κ1) is 22.4. The summed E-state index contributed by atoms with van der Waals surface area (Å²) in [4.78, 5) is 26.8. The highest BCUT2D eigenvalue weighted by atomic mass is 32.1. The predicted octanol–water partition coefficient (Wildman–Crippen LogP) is 3.76. The number of fused-ring (bicyclic) bond motifs is 2. The molecule has 7 nitrogen and oxygen atoms in total. The largest absolute Gasteiger partial charge is 0.422 e. The lowest BCUT2D eigenvalue weighted by Gasteiger charge is -2.40. The van der Waals surface area contributed by atoms with Gasteiger partial charge in [0.2, 0.25) is 0 Å². The maximum absolute atomic E-state index is 12.8. The zero-order valence-electron chi connectivity index (χ0n) is 18.9. The van der Waals surface area contributed by atoms with E-state index in [1.54, 1.807) is 0 Å². The number of aromatic nitrogens is 3. The minimum atomic E-state index is -0.375. The molecule has 0 amide bonds. The van der Waals surface area contributed by atoms with E-state index in [1.807, 2.05) is 48.8 Å². The molecule has 0 radical (unpaired) electrons. The van der Waals surface area contributed by atoms with Crippen LogP contribution in [-0.4, -0.2) is 51.5 Å². The van der Waals surface area contributed by atoms with Crippen LogP contribution in [0.5, 0.6) is 0 Å². The minimum Gasteiger partial charge on any atom is -0.422 e.